The molecule has 1 aromatic carbocycles. The van der Waals surface area contributed by atoms with Gasteiger partial charge < -0.3 is 17.2 Å². The van der Waals surface area contributed by atoms with Gasteiger partial charge in [0.05, 0.1) is 11.4 Å². The van der Waals surface area contributed by atoms with Gasteiger partial charge in [-0.15, -0.1) is 0 Å². The number of hydrogen-bond acceptors (Lipinski definition) is 3. The van der Waals surface area contributed by atoms with Gasteiger partial charge in [-0.1, -0.05) is 26.0 Å². The average molecular weight is 273 g/mol. The summed E-state index contributed by atoms with van der Waals surface area (Å²) in [6.07, 6.45) is -1.55. The van der Waals surface area contributed by atoms with Crippen molar-refractivity contribution in [2.24, 2.45) is 17.2 Å². The first-order chi connectivity index (χ1) is 8.80. The van der Waals surface area contributed by atoms with Gasteiger partial charge in [0.2, 0.25) is 0 Å². The molecular weight excluding hydrogens is 255 g/mol. The molecule has 3 nitrogen and oxygen atoms in total. The topological polar surface area (TPSA) is 78.1 Å². The van der Waals surface area contributed by atoms with E-state index < -0.39 is 11.7 Å². The predicted octanol–water partition coefficient (Wildman–Crippen LogP) is 2.79. The lowest BCUT2D eigenvalue weighted by Crippen LogP contribution is -2.07. The molecule has 19 heavy (non-hydrogen) atoms. The highest BCUT2D eigenvalue weighted by Gasteiger charge is 2.29. The maximum Gasteiger partial charge on any atom is 0.416 e. The molecule has 1 aromatic rings. The van der Waals surface area contributed by atoms with Crippen LogP contribution in [0.25, 0.3) is 5.70 Å². The molecule has 0 bridgehead atoms. The third kappa shape index (κ3) is 5.85. The minimum Gasteiger partial charge on any atom is -0.398 e. The highest BCUT2D eigenvalue weighted by atomic mass is 19.4. The summed E-state index contributed by atoms with van der Waals surface area (Å²) in [7, 11) is 0. The Kier molecular flexibility index (Phi) is 6.54. The summed E-state index contributed by atoms with van der Waals surface area (Å²) in [6.45, 7) is 4.00. The molecule has 0 saturated carbocycles. The maximum atomic E-state index is 12.3. The number of rotatable bonds is 2. The number of benzene rings is 1. The van der Waals surface area contributed by atoms with E-state index in [1.54, 1.807) is 0 Å². The summed E-state index contributed by atoms with van der Waals surface area (Å²) < 4.78 is 36.9. The van der Waals surface area contributed by atoms with Crippen LogP contribution >= 0.6 is 0 Å². The van der Waals surface area contributed by atoms with Gasteiger partial charge >= 0.3 is 6.18 Å². The van der Waals surface area contributed by atoms with Crippen molar-refractivity contribution in [1.82, 2.24) is 0 Å². The molecule has 0 aliphatic carbocycles. The first-order valence-electron chi connectivity index (χ1n) is 5.67. The number of alkyl halides is 3. The molecule has 6 heteroatoms. The van der Waals surface area contributed by atoms with E-state index in [0.717, 1.165) is 12.1 Å². The van der Waals surface area contributed by atoms with Gasteiger partial charge in [-0.3, -0.25) is 0 Å². The van der Waals surface area contributed by atoms with Crippen molar-refractivity contribution in [3.63, 3.8) is 0 Å². The zero-order chi connectivity index (χ0) is 15.1. The first-order valence-corrected chi connectivity index (χ1v) is 5.67. The Morgan fingerprint density at radius 1 is 0.947 bits per heavy atom. The van der Waals surface area contributed by atoms with E-state index in [-0.39, 0.29) is 11.5 Å². The summed E-state index contributed by atoms with van der Waals surface area (Å²) in [6, 6.07) is 4.50. The summed E-state index contributed by atoms with van der Waals surface area (Å²) in [5, 5.41) is 0. The lowest BCUT2D eigenvalue weighted by Gasteiger charge is -2.07. The molecule has 0 saturated heterocycles. The van der Waals surface area contributed by atoms with Crippen molar-refractivity contribution < 1.29 is 13.2 Å². The fourth-order valence-electron chi connectivity index (χ4n) is 1.13. The Bertz CT molecular complexity index is 441. The predicted molar refractivity (Wildman–Crippen MR) is 71.4 cm³/mol. The van der Waals surface area contributed by atoms with Gasteiger partial charge in [0.1, 0.15) is 0 Å². The van der Waals surface area contributed by atoms with E-state index in [2.05, 4.69) is 0 Å². The van der Waals surface area contributed by atoms with Gasteiger partial charge in [0, 0.05) is 5.70 Å². The molecular formula is C13H18F3N3. The standard InChI is InChI=1S/C11H12F3N3.C2H6/c12-11(13,14)8-3-1-7(2-4-8)9(15)5-6-10(16)17;1-2/h1-6H,15-17H2;1-2H3/b9-5-;. The molecule has 0 aromatic heterocycles. The third-order valence-corrected chi connectivity index (χ3v) is 2.00. The molecule has 0 aliphatic heterocycles. The Labute approximate surface area is 110 Å². The van der Waals surface area contributed by atoms with Crippen LogP contribution in [0.5, 0.6) is 0 Å². The number of allylic oxidation sites excluding steroid dienone is 2. The highest BCUT2D eigenvalue weighted by Crippen LogP contribution is 2.29. The van der Waals surface area contributed by atoms with Crippen LogP contribution in [0.3, 0.4) is 0 Å². The third-order valence-electron chi connectivity index (χ3n) is 2.00. The van der Waals surface area contributed by atoms with Crippen LogP contribution in [0.1, 0.15) is 25.0 Å². The van der Waals surface area contributed by atoms with Crippen LogP contribution in [0.4, 0.5) is 13.2 Å². The molecule has 0 fully saturated rings. The summed E-state index contributed by atoms with van der Waals surface area (Å²) >= 11 is 0. The SMILES string of the molecule is CC.NC(N)=C/C=C(\N)c1ccc(C(F)(F)F)cc1. The van der Waals surface area contributed by atoms with E-state index in [0.29, 0.717) is 5.56 Å². The molecule has 0 unspecified atom stereocenters. The van der Waals surface area contributed by atoms with Crippen LogP contribution in [-0.4, -0.2) is 0 Å². The largest absolute Gasteiger partial charge is 0.416 e. The van der Waals surface area contributed by atoms with E-state index in [1.165, 1.54) is 24.3 Å². The molecule has 0 radical (unpaired) electrons. The second-order valence-corrected chi connectivity index (χ2v) is 3.36. The van der Waals surface area contributed by atoms with Crippen molar-refractivity contribution in [3.05, 3.63) is 53.4 Å². The van der Waals surface area contributed by atoms with E-state index in [4.69, 9.17) is 17.2 Å². The fraction of sp³-hybridized carbons (Fsp3) is 0.231. The normalized spacial score (nSPS) is 11.3. The second kappa shape index (κ2) is 7.35. The Balaban J connectivity index is 0.00000154. The van der Waals surface area contributed by atoms with Crippen molar-refractivity contribution in [2.75, 3.05) is 0 Å². The molecule has 106 valence electrons. The van der Waals surface area contributed by atoms with Crippen LogP contribution < -0.4 is 17.2 Å². The van der Waals surface area contributed by atoms with Crippen LogP contribution in [0.15, 0.2) is 42.2 Å². The van der Waals surface area contributed by atoms with E-state index >= 15 is 0 Å². The van der Waals surface area contributed by atoms with Gasteiger partial charge in [-0.05, 0) is 29.8 Å². The minimum absolute atomic E-state index is 0.0693. The molecule has 1 rings (SSSR count). The average Bonchev–Trinajstić information content (AvgIpc) is 2.37. The van der Waals surface area contributed by atoms with Gasteiger partial charge in [-0.25, -0.2) is 0 Å². The Hall–Kier alpha value is -2.11. The zero-order valence-corrected chi connectivity index (χ0v) is 10.8. The Morgan fingerprint density at radius 2 is 1.42 bits per heavy atom. The Morgan fingerprint density at radius 3 is 1.79 bits per heavy atom. The highest BCUT2D eigenvalue weighted by molar-refractivity contribution is 5.64. The number of halogens is 3. The van der Waals surface area contributed by atoms with Gasteiger partial charge in [0.25, 0.3) is 0 Å². The summed E-state index contributed by atoms with van der Waals surface area (Å²) in [5.74, 6) is 0.0693. The van der Waals surface area contributed by atoms with Crippen LogP contribution in [0.2, 0.25) is 0 Å². The monoisotopic (exact) mass is 273 g/mol. The second-order valence-electron chi connectivity index (χ2n) is 3.36. The molecule has 0 amide bonds. The van der Waals surface area contributed by atoms with E-state index in [1.807, 2.05) is 13.8 Å². The lowest BCUT2D eigenvalue weighted by molar-refractivity contribution is -0.137. The lowest BCUT2D eigenvalue weighted by atomic mass is 10.1. The van der Waals surface area contributed by atoms with Crippen molar-refractivity contribution in [1.29, 1.82) is 0 Å². The fourth-order valence-corrected chi connectivity index (χ4v) is 1.13. The maximum absolute atomic E-state index is 12.3. The number of hydrogen-bond donors (Lipinski definition) is 3. The molecule has 0 heterocycles. The van der Waals surface area contributed by atoms with Crippen molar-refractivity contribution in [2.45, 2.75) is 20.0 Å². The van der Waals surface area contributed by atoms with Crippen LogP contribution in [-0.2, 0) is 6.18 Å². The molecule has 0 spiro atoms. The van der Waals surface area contributed by atoms with Crippen molar-refractivity contribution >= 4 is 5.70 Å². The zero-order valence-electron chi connectivity index (χ0n) is 10.8. The first kappa shape index (κ1) is 16.9. The molecule has 0 atom stereocenters. The summed E-state index contributed by atoms with van der Waals surface area (Å²) in [5.41, 5.74) is 16.0. The van der Waals surface area contributed by atoms with Crippen molar-refractivity contribution in [3.8, 4) is 0 Å². The van der Waals surface area contributed by atoms with E-state index in [9.17, 15) is 13.2 Å². The molecule has 0 aliphatic rings. The minimum atomic E-state index is -4.35. The van der Waals surface area contributed by atoms with Gasteiger partial charge in [-0.2, -0.15) is 13.2 Å². The van der Waals surface area contributed by atoms with Gasteiger partial charge in [0.15, 0.2) is 0 Å². The summed E-state index contributed by atoms with van der Waals surface area (Å²) in [4.78, 5) is 0. The van der Waals surface area contributed by atoms with Crippen LogP contribution in [0, 0.1) is 0 Å². The quantitative estimate of drug-likeness (QED) is 0.725. The smallest absolute Gasteiger partial charge is 0.398 e. The molecule has 6 N–H and O–H groups in total. The number of nitrogens with two attached hydrogens (primary N) is 3.